The number of nitrogens with zero attached hydrogens (tertiary/aromatic N) is 4. The van der Waals surface area contributed by atoms with Crippen molar-refractivity contribution in [3.8, 4) is 17.5 Å². The lowest BCUT2D eigenvalue weighted by Gasteiger charge is -2.37. The van der Waals surface area contributed by atoms with Crippen LogP contribution in [0.25, 0.3) is 0 Å². The van der Waals surface area contributed by atoms with Gasteiger partial charge in [-0.05, 0) is 57.8 Å². The number of fused-ring (bicyclic) bond motifs is 2. The van der Waals surface area contributed by atoms with Gasteiger partial charge in [-0.3, -0.25) is 0 Å². The third kappa shape index (κ3) is 4.77. The van der Waals surface area contributed by atoms with Gasteiger partial charge in [0.15, 0.2) is 0 Å². The molecule has 0 radical (unpaired) electrons. The largest absolute Gasteiger partial charge is 0.487 e. The van der Waals surface area contributed by atoms with E-state index in [1.54, 1.807) is 8.61 Å². The van der Waals surface area contributed by atoms with Crippen LogP contribution in [-0.4, -0.2) is 89.9 Å². The third-order valence-electron chi connectivity index (χ3n) is 8.76. The highest BCUT2D eigenvalue weighted by molar-refractivity contribution is 7.90. The molecule has 2 saturated carbocycles. The number of ether oxygens (including phenoxy) is 3. The minimum absolute atomic E-state index is 0.00496. The number of aromatic nitrogens is 2. The van der Waals surface area contributed by atoms with Crippen molar-refractivity contribution in [2.24, 2.45) is 0 Å². The summed E-state index contributed by atoms with van der Waals surface area (Å²) in [5.74, 6) is 0.758. The van der Waals surface area contributed by atoms with Crippen molar-refractivity contribution in [2.45, 2.75) is 118 Å². The fraction of sp³-hybridized carbons (Fsp3) is 0.840. The predicted octanol–water partition coefficient (Wildman–Crippen LogP) is 2.47. The first-order valence-corrected chi connectivity index (χ1v) is 17.0. The Bertz CT molecular complexity index is 1240. The van der Waals surface area contributed by atoms with Gasteiger partial charge >= 0.3 is 0 Å². The molecule has 1 aromatic rings. The van der Waals surface area contributed by atoms with Crippen LogP contribution in [0.15, 0.2) is 6.33 Å². The van der Waals surface area contributed by atoms with Crippen molar-refractivity contribution >= 4 is 20.0 Å². The first kappa shape index (κ1) is 26.5. The molecule has 5 aliphatic rings. The topological polar surface area (TPSA) is 128 Å². The molecule has 6 rings (SSSR count). The Kier molecular flexibility index (Phi) is 7.01. The molecule has 11 nitrogen and oxygen atoms in total. The number of hydrogen-bond donors (Lipinski definition) is 0. The molecular formula is C25H38N4O7S2. The Hall–Kier alpha value is -1.70. The van der Waals surface area contributed by atoms with Crippen LogP contribution in [0.2, 0.25) is 0 Å². The van der Waals surface area contributed by atoms with Gasteiger partial charge < -0.3 is 14.2 Å². The van der Waals surface area contributed by atoms with Crippen LogP contribution < -0.4 is 14.2 Å². The van der Waals surface area contributed by atoms with Crippen molar-refractivity contribution in [1.82, 2.24) is 18.6 Å². The molecule has 3 aliphatic heterocycles. The minimum atomic E-state index is -3.33. The van der Waals surface area contributed by atoms with Gasteiger partial charge in [0.1, 0.15) is 19.0 Å². The number of rotatable bonds is 11. The van der Waals surface area contributed by atoms with Gasteiger partial charge in [-0.15, -0.1) is 0 Å². The Balaban J connectivity index is 1.13. The molecule has 3 saturated heterocycles. The van der Waals surface area contributed by atoms with Gasteiger partial charge in [-0.2, -0.15) is 18.6 Å². The van der Waals surface area contributed by atoms with Crippen LogP contribution in [0.3, 0.4) is 0 Å². The summed E-state index contributed by atoms with van der Waals surface area (Å²) < 4.78 is 73.5. The van der Waals surface area contributed by atoms with Crippen LogP contribution in [0.4, 0.5) is 0 Å². The standard InChI is InChI=1S/C25H38N4O7S2/c1-3-16-4-7-19(28(16)37(30,31)21-8-9-21)14-35-24-23(34-2)25(27-15-26-24)36-20-12-17-5-6-18(13-20)29(17)38(32,33)22-10-11-22/h15-22H,3-14H2,1-2H3. The Morgan fingerprint density at radius 2 is 1.39 bits per heavy atom. The van der Waals surface area contributed by atoms with Crippen LogP contribution in [0.1, 0.15) is 77.6 Å². The number of sulfonamides is 2. The molecule has 0 spiro atoms. The molecule has 4 atom stereocenters. The van der Waals surface area contributed by atoms with Gasteiger partial charge in [0.25, 0.3) is 11.8 Å². The summed E-state index contributed by atoms with van der Waals surface area (Å²) in [6, 6.07) is -0.323. The van der Waals surface area contributed by atoms with Gasteiger partial charge in [0, 0.05) is 31.0 Å². The predicted molar refractivity (Wildman–Crippen MR) is 139 cm³/mol. The molecule has 0 N–H and O–H groups in total. The van der Waals surface area contributed by atoms with Gasteiger partial charge in [0.05, 0.1) is 23.7 Å². The molecule has 4 unspecified atom stereocenters. The fourth-order valence-electron chi connectivity index (χ4n) is 6.60. The first-order chi connectivity index (χ1) is 18.2. The van der Waals surface area contributed by atoms with Crippen molar-refractivity contribution in [3.63, 3.8) is 0 Å². The smallest absolute Gasteiger partial charge is 0.264 e. The van der Waals surface area contributed by atoms with E-state index in [0.29, 0.717) is 12.8 Å². The van der Waals surface area contributed by atoms with Gasteiger partial charge in [-0.25, -0.2) is 16.8 Å². The van der Waals surface area contributed by atoms with E-state index in [1.165, 1.54) is 13.4 Å². The molecule has 13 heteroatoms. The summed E-state index contributed by atoms with van der Waals surface area (Å²) >= 11 is 0. The zero-order chi connectivity index (χ0) is 26.7. The van der Waals surface area contributed by atoms with Crippen molar-refractivity contribution in [3.05, 3.63) is 6.33 Å². The summed E-state index contributed by atoms with van der Waals surface area (Å²) in [4.78, 5) is 8.55. The molecule has 0 amide bonds. The van der Waals surface area contributed by atoms with E-state index in [0.717, 1.165) is 57.8 Å². The molecule has 0 aromatic carbocycles. The van der Waals surface area contributed by atoms with E-state index in [2.05, 4.69) is 9.97 Å². The molecular weight excluding hydrogens is 532 g/mol. The maximum Gasteiger partial charge on any atom is 0.264 e. The lowest BCUT2D eigenvalue weighted by molar-refractivity contribution is 0.0875. The van der Waals surface area contributed by atoms with E-state index in [1.807, 2.05) is 6.92 Å². The van der Waals surface area contributed by atoms with E-state index in [9.17, 15) is 16.8 Å². The molecule has 5 fully saturated rings. The molecule has 4 heterocycles. The summed E-state index contributed by atoms with van der Waals surface area (Å²) in [7, 11) is -5.05. The van der Waals surface area contributed by atoms with E-state index in [4.69, 9.17) is 14.2 Å². The number of hydrogen-bond acceptors (Lipinski definition) is 9. The highest BCUT2D eigenvalue weighted by atomic mass is 32.2. The van der Waals surface area contributed by atoms with Crippen LogP contribution in [-0.2, 0) is 20.0 Å². The highest BCUT2D eigenvalue weighted by Gasteiger charge is 2.52. The second-order valence-corrected chi connectivity index (χ2v) is 15.6. The molecule has 38 heavy (non-hydrogen) atoms. The van der Waals surface area contributed by atoms with Crippen molar-refractivity contribution in [1.29, 1.82) is 0 Å². The summed E-state index contributed by atoms with van der Waals surface area (Å²) in [5.41, 5.74) is 0. The second-order valence-electron chi connectivity index (χ2n) is 11.4. The third-order valence-corrected chi connectivity index (χ3v) is 13.8. The zero-order valence-corrected chi connectivity index (χ0v) is 23.7. The zero-order valence-electron chi connectivity index (χ0n) is 22.1. The molecule has 2 aliphatic carbocycles. The Labute approximate surface area is 225 Å². The monoisotopic (exact) mass is 570 g/mol. The summed E-state index contributed by atoms with van der Waals surface area (Å²) in [6.45, 7) is 2.20. The lowest BCUT2D eigenvalue weighted by Crippen LogP contribution is -2.50. The maximum atomic E-state index is 13.1. The quantitative estimate of drug-likeness (QED) is 0.394. The second kappa shape index (κ2) is 10.0. The average Bonchev–Trinajstić information content (AvgIpc) is 3.81. The molecule has 212 valence electrons. The Morgan fingerprint density at radius 3 is 1.97 bits per heavy atom. The van der Waals surface area contributed by atoms with E-state index < -0.39 is 20.0 Å². The summed E-state index contributed by atoms with van der Waals surface area (Å²) in [5, 5.41) is -0.459. The van der Waals surface area contributed by atoms with Gasteiger partial charge in [0.2, 0.25) is 25.8 Å². The van der Waals surface area contributed by atoms with Gasteiger partial charge in [-0.1, -0.05) is 6.92 Å². The van der Waals surface area contributed by atoms with Crippen LogP contribution in [0.5, 0.6) is 17.5 Å². The number of methoxy groups -OCH3 is 1. The van der Waals surface area contributed by atoms with Crippen molar-refractivity contribution in [2.75, 3.05) is 13.7 Å². The molecule has 1 aromatic heterocycles. The van der Waals surface area contributed by atoms with Crippen LogP contribution >= 0.6 is 0 Å². The lowest BCUT2D eigenvalue weighted by atomic mass is 10.0. The minimum Gasteiger partial charge on any atom is -0.487 e. The summed E-state index contributed by atoms with van der Waals surface area (Å²) in [6.07, 6.45) is 9.44. The van der Waals surface area contributed by atoms with Crippen LogP contribution in [0, 0.1) is 0 Å². The average molecular weight is 571 g/mol. The highest BCUT2D eigenvalue weighted by Crippen LogP contribution is 2.45. The van der Waals surface area contributed by atoms with E-state index in [-0.39, 0.29) is 64.9 Å². The van der Waals surface area contributed by atoms with Crippen molar-refractivity contribution < 1.29 is 31.0 Å². The number of piperidine rings is 1. The maximum absolute atomic E-state index is 13.1. The normalized spacial score (nSPS) is 32.4. The Morgan fingerprint density at radius 1 is 0.816 bits per heavy atom. The SMILES string of the molecule is CCC1CCC(COc2ncnc(OC3CC4CCC(C3)N4S(=O)(=O)C3CC3)c2OC)N1S(=O)(=O)C1CC1. The fourth-order valence-corrected chi connectivity index (χ4v) is 11.2. The van der Waals surface area contributed by atoms with E-state index >= 15 is 0 Å². The first-order valence-electron chi connectivity index (χ1n) is 14.0. The molecule has 2 bridgehead atoms.